The van der Waals surface area contributed by atoms with Crippen LogP contribution < -0.4 is 10.2 Å². The van der Waals surface area contributed by atoms with Gasteiger partial charge in [-0.15, -0.1) is 0 Å². The molecule has 112 valence electrons. The third-order valence-corrected chi connectivity index (χ3v) is 3.05. The maximum atomic E-state index is 11.9. The Morgan fingerprint density at radius 2 is 2.20 bits per heavy atom. The van der Waals surface area contributed by atoms with Crippen molar-refractivity contribution < 1.29 is 9.90 Å². The Kier molecular flexibility index (Phi) is 6.75. The summed E-state index contributed by atoms with van der Waals surface area (Å²) in [5.74, 6) is 0.959. The van der Waals surface area contributed by atoms with Crippen LogP contribution in [0.1, 0.15) is 20.3 Å². The Hall–Kier alpha value is -1.33. The number of amides is 1. The smallest absolute Gasteiger partial charge is 0.239 e. The average Bonchev–Trinajstić information content (AvgIpc) is 2.37. The fourth-order valence-electron chi connectivity index (χ4n) is 1.91. The van der Waals surface area contributed by atoms with Crippen LogP contribution in [0.4, 0.5) is 5.82 Å². The number of hydrogen-bond acceptors (Lipinski definition) is 4. The molecule has 2 N–H and O–H groups in total. The lowest BCUT2D eigenvalue weighted by atomic mass is 10.0. The molecule has 1 aromatic rings. The lowest BCUT2D eigenvalue weighted by Crippen LogP contribution is -2.43. The average molecular weight is 300 g/mol. The van der Waals surface area contributed by atoms with E-state index < -0.39 is 0 Å². The van der Waals surface area contributed by atoms with Crippen molar-refractivity contribution in [3.63, 3.8) is 0 Å². The molecule has 1 amide bonds. The lowest BCUT2D eigenvalue weighted by molar-refractivity contribution is -0.120. The summed E-state index contributed by atoms with van der Waals surface area (Å²) in [6.07, 6.45) is 2.30. The predicted octanol–water partition coefficient (Wildman–Crippen LogP) is 1.69. The van der Waals surface area contributed by atoms with Gasteiger partial charge in [0.25, 0.3) is 0 Å². The maximum Gasteiger partial charge on any atom is 0.239 e. The SMILES string of the molecule is CC(C)CC(CO)NC(=O)CN(C)c1ccc(Cl)cn1. The maximum absolute atomic E-state index is 11.9. The van der Waals surface area contributed by atoms with E-state index >= 15 is 0 Å². The summed E-state index contributed by atoms with van der Waals surface area (Å²) in [4.78, 5) is 17.8. The minimum absolute atomic E-state index is 0.0488. The summed E-state index contributed by atoms with van der Waals surface area (Å²) >= 11 is 5.77. The van der Waals surface area contributed by atoms with E-state index in [1.807, 2.05) is 0 Å². The molecule has 0 aliphatic carbocycles. The van der Waals surface area contributed by atoms with Crippen LogP contribution in [0.15, 0.2) is 18.3 Å². The van der Waals surface area contributed by atoms with Gasteiger partial charge in [-0.3, -0.25) is 4.79 Å². The van der Waals surface area contributed by atoms with Gasteiger partial charge in [-0.1, -0.05) is 25.4 Å². The molecule has 0 aromatic carbocycles. The van der Waals surface area contributed by atoms with Gasteiger partial charge in [0.15, 0.2) is 0 Å². The highest BCUT2D eigenvalue weighted by Gasteiger charge is 2.15. The number of pyridine rings is 1. The van der Waals surface area contributed by atoms with Crippen LogP contribution in [0.25, 0.3) is 0 Å². The minimum Gasteiger partial charge on any atom is -0.394 e. The second-order valence-corrected chi connectivity index (χ2v) is 5.70. The highest BCUT2D eigenvalue weighted by molar-refractivity contribution is 6.30. The van der Waals surface area contributed by atoms with Crippen molar-refractivity contribution in [1.29, 1.82) is 0 Å². The number of aliphatic hydroxyl groups excluding tert-OH is 1. The van der Waals surface area contributed by atoms with Crippen molar-refractivity contribution in [2.75, 3.05) is 25.1 Å². The number of aliphatic hydroxyl groups is 1. The van der Waals surface area contributed by atoms with Crippen LogP contribution in [0, 0.1) is 5.92 Å². The number of aromatic nitrogens is 1. The number of carbonyl (C=O) groups excluding carboxylic acids is 1. The molecular weight excluding hydrogens is 278 g/mol. The van der Waals surface area contributed by atoms with E-state index in [2.05, 4.69) is 24.1 Å². The minimum atomic E-state index is -0.200. The molecule has 1 atom stereocenters. The molecule has 1 rings (SSSR count). The highest BCUT2D eigenvalue weighted by atomic mass is 35.5. The van der Waals surface area contributed by atoms with E-state index in [0.717, 1.165) is 6.42 Å². The molecule has 0 aliphatic rings. The molecule has 0 saturated heterocycles. The Morgan fingerprint density at radius 3 is 2.70 bits per heavy atom. The Labute approximate surface area is 125 Å². The summed E-state index contributed by atoms with van der Waals surface area (Å²) in [5, 5.41) is 12.6. The number of likely N-dealkylation sites (N-methyl/N-ethyl adjacent to an activating group) is 1. The predicted molar refractivity (Wildman–Crippen MR) is 81.0 cm³/mol. The quantitative estimate of drug-likeness (QED) is 0.804. The molecule has 1 heterocycles. The van der Waals surface area contributed by atoms with E-state index in [9.17, 15) is 9.90 Å². The number of nitrogens with zero attached hydrogens (tertiary/aromatic N) is 2. The standard InChI is InChI=1S/C14H22ClN3O2/c1-10(2)6-12(9-19)17-14(20)8-18(3)13-5-4-11(15)7-16-13/h4-5,7,10,12,19H,6,8-9H2,1-3H3,(H,17,20). The molecule has 6 heteroatoms. The first kappa shape index (κ1) is 16.7. The topological polar surface area (TPSA) is 65.5 Å². The number of rotatable bonds is 7. The van der Waals surface area contributed by atoms with E-state index in [1.165, 1.54) is 0 Å². The zero-order valence-corrected chi connectivity index (χ0v) is 12.9. The Bertz CT molecular complexity index is 423. The van der Waals surface area contributed by atoms with Crippen molar-refractivity contribution in [3.05, 3.63) is 23.4 Å². The molecule has 1 aromatic heterocycles. The van der Waals surface area contributed by atoms with Crippen molar-refractivity contribution >= 4 is 23.3 Å². The molecule has 0 aliphatic heterocycles. The third-order valence-electron chi connectivity index (χ3n) is 2.83. The van der Waals surface area contributed by atoms with Gasteiger partial charge in [0.05, 0.1) is 24.2 Å². The van der Waals surface area contributed by atoms with Crippen LogP contribution in [-0.4, -0.2) is 42.2 Å². The number of carbonyl (C=O) groups is 1. The number of nitrogens with one attached hydrogen (secondary N) is 1. The molecule has 0 fully saturated rings. The van der Waals surface area contributed by atoms with Crippen LogP contribution in [-0.2, 0) is 4.79 Å². The molecule has 0 spiro atoms. The molecule has 5 nitrogen and oxygen atoms in total. The van der Waals surface area contributed by atoms with Gasteiger partial charge in [0, 0.05) is 13.2 Å². The molecule has 0 radical (unpaired) electrons. The molecule has 1 unspecified atom stereocenters. The van der Waals surface area contributed by atoms with Gasteiger partial charge in [-0.05, 0) is 24.5 Å². The van der Waals surface area contributed by atoms with Crippen molar-refractivity contribution in [2.24, 2.45) is 5.92 Å². The first-order valence-corrected chi connectivity index (χ1v) is 7.03. The van der Waals surface area contributed by atoms with Gasteiger partial charge in [-0.25, -0.2) is 4.98 Å². The van der Waals surface area contributed by atoms with E-state index in [0.29, 0.717) is 16.8 Å². The van der Waals surface area contributed by atoms with E-state index in [1.54, 1.807) is 30.3 Å². The van der Waals surface area contributed by atoms with Gasteiger partial charge in [0.2, 0.25) is 5.91 Å². The van der Waals surface area contributed by atoms with Gasteiger partial charge in [-0.2, -0.15) is 0 Å². The summed E-state index contributed by atoms with van der Waals surface area (Å²) in [6, 6.07) is 3.29. The van der Waals surface area contributed by atoms with Gasteiger partial charge < -0.3 is 15.3 Å². The second kappa shape index (κ2) is 8.07. The number of halogens is 1. The Morgan fingerprint density at radius 1 is 1.50 bits per heavy atom. The Balaban J connectivity index is 2.50. The summed E-state index contributed by atoms with van der Waals surface area (Å²) in [7, 11) is 1.78. The van der Waals surface area contributed by atoms with E-state index in [4.69, 9.17) is 11.6 Å². The van der Waals surface area contributed by atoms with Crippen molar-refractivity contribution in [3.8, 4) is 0 Å². The first-order valence-electron chi connectivity index (χ1n) is 6.65. The number of hydrogen-bond donors (Lipinski definition) is 2. The normalized spacial score (nSPS) is 12.3. The molecule has 20 heavy (non-hydrogen) atoms. The van der Waals surface area contributed by atoms with Crippen LogP contribution in [0.2, 0.25) is 5.02 Å². The fourth-order valence-corrected chi connectivity index (χ4v) is 2.02. The van der Waals surface area contributed by atoms with Gasteiger partial charge in [0.1, 0.15) is 5.82 Å². The summed E-state index contributed by atoms with van der Waals surface area (Å²) in [5.41, 5.74) is 0. The van der Waals surface area contributed by atoms with Gasteiger partial charge >= 0.3 is 0 Å². The number of anilines is 1. The fraction of sp³-hybridized carbons (Fsp3) is 0.571. The molecule has 0 saturated carbocycles. The second-order valence-electron chi connectivity index (χ2n) is 5.27. The van der Waals surface area contributed by atoms with Crippen molar-refractivity contribution in [1.82, 2.24) is 10.3 Å². The van der Waals surface area contributed by atoms with Crippen LogP contribution >= 0.6 is 11.6 Å². The monoisotopic (exact) mass is 299 g/mol. The summed E-state index contributed by atoms with van der Waals surface area (Å²) < 4.78 is 0. The van der Waals surface area contributed by atoms with E-state index in [-0.39, 0.29) is 25.1 Å². The molecular formula is C14H22ClN3O2. The highest BCUT2D eigenvalue weighted by Crippen LogP contribution is 2.12. The zero-order valence-electron chi connectivity index (χ0n) is 12.1. The molecule has 0 bridgehead atoms. The van der Waals surface area contributed by atoms with Crippen LogP contribution in [0.5, 0.6) is 0 Å². The summed E-state index contributed by atoms with van der Waals surface area (Å²) in [6.45, 7) is 4.24. The third kappa shape index (κ3) is 5.75. The van der Waals surface area contributed by atoms with Crippen molar-refractivity contribution in [2.45, 2.75) is 26.3 Å². The zero-order chi connectivity index (χ0) is 15.1. The van der Waals surface area contributed by atoms with Crippen LogP contribution in [0.3, 0.4) is 0 Å². The largest absolute Gasteiger partial charge is 0.394 e. The lowest BCUT2D eigenvalue weighted by Gasteiger charge is -2.21. The first-order chi connectivity index (χ1) is 9.42.